The van der Waals surface area contributed by atoms with Crippen LogP contribution < -0.4 is 15.3 Å². The molecule has 0 radical (unpaired) electrons. The first-order chi connectivity index (χ1) is 13.3. The smallest absolute Gasteiger partial charge is 0.162 e. The molecule has 0 saturated carbocycles. The van der Waals surface area contributed by atoms with Gasteiger partial charge in [-0.05, 0) is 36.7 Å². The number of halogens is 1. The molecule has 27 heavy (non-hydrogen) atoms. The number of hydrogen-bond acceptors (Lipinski definition) is 8. The maximum atomic E-state index is 6.31. The van der Waals surface area contributed by atoms with E-state index in [1.807, 2.05) is 29.6 Å². The standard InChI is InChI=1S/C17H18ClN9/c18-23-9-16-24(11-23)15-6-2-1-4-12(15)17-20-10-26(27(16)17)25-8-14(21-22-25)13-5-3-7-19-13/h1-2,4,6,8-9,13,19H,3,5,7,10-11H2. The summed E-state index contributed by atoms with van der Waals surface area (Å²) in [6, 6.07) is 8.54. The second kappa shape index (κ2) is 5.61. The van der Waals surface area contributed by atoms with E-state index in [2.05, 4.69) is 37.7 Å². The molecule has 10 heteroatoms. The lowest BCUT2D eigenvalue weighted by molar-refractivity contribution is 0.346. The van der Waals surface area contributed by atoms with Crippen LogP contribution in [0, 0.1) is 0 Å². The number of para-hydroxylation sites is 1. The number of anilines is 1. The molecule has 4 aliphatic heterocycles. The third-order valence-electron chi connectivity index (χ3n) is 5.39. The molecule has 5 heterocycles. The summed E-state index contributed by atoms with van der Waals surface area (Å²) in [6.45, 7) is 2.09. The lowest BCUT2D eigenvalue weighted by Crippen LogP contribution is -2.53. The Kier molecular flexibility index (Phi) is 3.18. The van der Waals surface area contributed by atoms with E-state index < -0.39 is 0 Å². The number of hydrazine groups is 1. The molecule has 1 unspecified atom stereocenters. The van der Waals surface area contributed by atoms with Crippen LogP contribution in [0.25, 0.3) is 0 Å². The van der Waals surface area contributed by atoms with Crippen molar-refractivity contribution in [3.05, 3.63) is 53.7 Å². The van der Waals surface area contributed by atoms with Gasteiger partial charge in [0.1, 0.15) is 12.4 Å². The third-order valence-corrected chi connectivity index (χ3v) is 5.60. The van der Waals surface area contributed by atoms with E-state index in [4.69, 9.17) is 16.8 Å². The molecule has 6 rings (SSSR count). The zero-order valence-electron chi connectivity index (χ0n) is 14.5. The second-order valence-electron chi connectivity index (χ2n) is 6.99. The second-order valence-corrected chi connectivity index (χ2v) is 7.43. The molecule has 1 fully saturated rings. The normalized spacial score (nSPS) is 23.4. The largest absolute Gasteiger partial charge is 0.309 e. The molecule has 138 valence electrons. The van der Waals surface area contributed by atoms with E-state index in [-0.39, 0.29) is 6.04 Å². The fourth-order valence-corrected chi connectivity index (χ4v) is 4.33. The van der Waals surface area contributed by atoms with Crippen molar-refractivity contribution >= 4 is 23.3 Å². The highest BCUT2D eigenvalue weighted by atomic mass is 35.5. The minimum absolute atomic E-state index is 0.282. The van der Waals surface area contributed by atoms with Crippen molar-refractivity contribution in [1.82, 2.24) is 29.8 Å². The minimum Gasteiger partial charge on any atom is -0.309 e. The molecule has 4 aliphatic rings. The van der Waals surface area contributed by atoms with Gasteiger partial charge in [0.2, 0.25) is 0 Å². The molecule has 1 aromatic carbocycles. The Bertz CT molecular complexity index is 961. The monoisotopic (exact) mass is 383 g/mol. The highest BCUT2D eigenvalue weighted by Gasteiger charge is 2.42. The van der Waals surface area contributed by atoms with Crippen LogP contribution in [0.3, 0.4) is 0 Å². The lowest BCUT2D eigenvalue weighted by atomic mass is 10.1. The highest BCUT2D eigenvalue weighted by molar-refractivity contribution is 6.15. The summed E-state index contributed by atoms with van der Waals surface area (Å²) in [5.41, 5.74) is 3.16. The fraction of sp³-hybridized carbons (Fsp3) is 0.353. The lowest BCUT2D eigenvalue weighted by Gasteiger charge is -2.39. The first-order valence-electron chi connectivity index (χ1n) is 9.09. The summed E-state index contributed by atoms with van der Waals surface area (Å²) in [7, 11) is 0. The molecule has 0 amide bonds. The summed E-state index contributed by atoms with van der Waals surface area (Å²) in [5.74, 6) is 1.85. The van der Waals surface area contributed by atoms with Crippen molar-refractivity contribution in [2.75, 3.05) is 29.9 Å². The maximum Gasteiger partial charge on any atom is 0.162 e. The van der Waals surface area contributed by atoms with Crippen LogP contribution in [0.5, 0.6) is 0 Å². The predicted molar refractivity (Wildman–Crippen MR) is 101 cm³/mol. The summed E-state index contributed by atoms with van der Waals surface area (Å²) in [5, 5.41) is 16.3. The van der Waals surface area contributed by atoms with Crippen LogP contribution in [0.2, 0.25) is 0 Å². The Morgan fingerprint density at radius 3 is 3.04 bits per heavy atom. The number of hydrogen-bond donors (Lipinski definition) is 1. The molecule has 0 aliphatic carbocycles. The van der Waals surface area contributed by atoms with E-state index in [1.165, 1.54) is 6.42 Å². The van der Waals surface area contributed by atoms with Crippen molar-refractivity contribution in [1.29, 1.82) is 0 Å². The van der Waals surface area contributed by atoms with E-state index >= 15 is 0 Å². The zero-order chi connectivity index (χ0) is 18.0. The van der Waals surface area contributed by atoms with E-state index in [9.17, 15) is 0 Å². The highest BCUT2D eigenvalue weighted by Crippen LogP contribution is 2.39. The van der Waals surface area contributed by atoms with Crippen LogP contribution in [0.4, 0.5) is 5.69 Å². The zero-order valence-corrected chi connectivity index (χ0v) is 15.3. The minimum atomic E-state index is 0.282. The van der Waals surface area contributed by atoms with Crippen molar-refractivity contribution in [2.24, 2.45) is 4.99 Å². The summed E-state index contributed by atoms with van der Waals surface area (Å²) >= 11 is 6.31. The SMILES string of the molecule is ClN1C=C2N(C1)c1ccccc1C1=NCN(n3cc(C4CCCN4)nn3)N21. The quantitative estimate of drug-likeness (QED) is 0.784. The van der Waals surface area contributed by atoms with Gasteiger partial charge in [0.25, 0.3) is 0 Å². The number of rotatable bonds is 2. The van der Waals surface area contributed by atoms with E-state index in [0.717, 1.165) is 41.6 Å². The van der Waals surface area contributed by atoms with Gasteiger partial charge < -0.3 is 10.2 Å². The van der Waals surface area contributed by atoms with Crippen LogP contribution >= 0.6 is 11.8 Å². The molecular weight excluding hydrogens is 366 g/mol. The molecule has 1 atom stereocenters. The van der Waals surface area contributed by atoms with Gasteiger partial charge in [0.05, 0.1) is 24.1 Å². The van der Waals surface area contributed by atoms with Gasteiger partial charge in [-0.3, -0.25) is 4.42 Å². The predicted octanol–water partition coefficient (Wildman–Crippen LogP) is 1.32. The van der Waals surface area contributed by atoms with Gasteiger partial charge in [-0.25, -0.2) is 4.99 Å². The van der Waals surface area contributed by atoms with Gasteiger partial charge in [-0.15, -0.1) is 9.89 Å². The Hall–Kier alpha value is -2.78. The number of fused-ring (bicyclic) bond motifs is 6. The first-order valence-corrected chi connectivity index (χ1v) is 9.42. The molecule has 1 N–H and O–H groups in total. The van der Waals surface area contributed by atoms with Crippen LogP contribution in [-0.2, 0) is 0 Å². The van der Waals surface area contributed by atoms with Crippen molar-refractivity contribution in [2.45, 2.75) is 18.9 Å². The molecule has 0 spiro atoms. The third kappa shape index (κ3) is 2.18. The average molecular weight is 384 g/mol. The summed E-state index contributed by atoms with van der Waals surface area (Å²) < 4.78 is 1.65. The Morgan fingerprint density at radius 2 is 2.15 bits per heavy atom. The Morgan fingerprint density at radius 1 is 1.22 bits per heavy atom. The number of benzene rings is 1. The fourth-order valence-electron chi connectivity index (χ4n) is 4.14. The molecule has 1 saturated heterocycles. The first kappa shape index (κ1) is 15.3. The van der Waals surface area contributed by atoms with Crippen molar-refractivity contribution in [3.8, 4) is 0 Å². The van der Waals surface area contributed by atoms with Crippen LogP contribution in [-0.4, -0.2) is 50.2 Å². The van der Waals surface area contributed by atoms with Gasteiger partial charge in [-0.2, -0.15) is 10.1 Å². The number of nitrogens with one attached hydrogen (secondary N) is 1. The maximum absolute atomic E-state index is 6.31. The van der Waals surface area contributed by atoms with Gasteiger partial charge in [0.15, 0.2) is 18.3 Å². The molecule has 0 bridgehead atoms. The van der Waals surface area contributed by atoms with Crippen molar-refractivity contribution < 1.29 is 0 Å². The number of aromatic nitrogens is 3. The molecule has 9 nitrogen and oxygen atoms in total. The topological polar surface area (TPSA) is 68.1 Å². The van der Waals surface area contributed by atoms with Crippen LogP contribution in [0.15, 0.2) is 47.5 Å². The molecule has 2 aromatic rings. The van der Waals surface area contributed by atoms with Gasteiger partial charge >= 0.3 is 0 Å². The molecule has 1 aromatic heterocycles. The van der Waals surface area contributed by atoms with Gasteiger partial charge in [0, 0.05) is 17.3 Å². The number of amidine groups is 1. The summed E-state index contributed by atoms with van der Waals surface area (Å²) in [6.07, 6.45) is 6.17. The van der Waals surface area contributed by atoms with E-state index in [1.54, 1.807) is 9.21 Å². The van der Waals surface area contributed by atoms with Gasteiger partial charge in [-0.1, -0.05) is 12.1 Å². The number of aliphatic imine (C=N–C) groups is 1. The average Bonchev–Trinajstić information content (AvgIpc) is 3.44. The Labute approximate surface area is 161 Å². The van der Waals surface area contributed by atoms with Crippen LogP contribution in [0.1, 0.15) is 30.1 Å². The summed E-state index contributed by atoms with van der Waals surface area (Å²) in [4.78, 5) is 8.73. The van der Waals surface area contributed by atoms with E-state index in [0.29, 0.717) is 13.3 Å². The van der Waals surface area contributed by atoms with Crippen molar-refractivity contribution in [3.63, 3.8) is 0 Å². The molecular formula is C17H18ClN9. The number of nitrogens with zero attached hydrogens (tertiary/aromatic N) is 8. The Balaban J connectivity index is 1.40.